The topological polar surface area (TPSA) is 97.6 Å². The Balaban J connectivity index is 1.71. The van der Waals surface area contributed by atoms with E-state index in [0.717, 1.165) is 40.5 Å². The highest BCUT2D eigenvalue weighted by molar-refractivity contribution is 5.83. The van der Waals surface area contributed by atoms with Crippen molar-refractivity contribution in [3.8, 4) is 29.0 Å². The number of halogens is 3. The molecular formula is C26H21F3N6O2. The Labute approximate surface area is 209 Å². The number of nitrogens with one attached hydrogen (secondary N) is 1. The highest BCUT2D eigenvalue weighted by Crippen LogP contribution is 2.32. The summed E-state index contributed by atoms with van der Waals surface area (Å²) in [5.41, 5.74) is -0.278. The van der Waals surface area contributed by atoms with E-state index >= 15 is 0 Å². The molecule has 0 radical (unpaired) electrons. The molecule has 5 rings (SSSR count). The minimum absolute atomic E-state index is 0.0229. The van der Waals surface area contributed by atoms with Crippen LogP contribution in [0.4, 0.5) is 18.0 Å². The first-order valence-electron chi connectivity index (χ1n) is 11.6. The molecule has 0 spiro atoms. The summed E-state index contributed by atoms with van der Waals surface area (Å²) in [6.45, 7) is 1.56. The highest BCUT2D eigenvalue weighted by Gasteiger charge is 2.32. The van der Waals surface area contributed by atoms with Crippen molar-refractivity contribution in [1.82, 2.24) is 24.0 Å². The molecule has 4 aromatic rings. The van der Waals surface area contributed by atoms with Gasteiger partial charge in [0.1, 0.15) is 5.69 Å². The van der Waals surface area contributed by atoms with Gasteiger partial charge in [0.05, 0.1) is 28.6 Å². The lowest BCUT2D eigenvalue weighted by Crippen LogP contribution is -2.45. The van der Waals surface area contributed by atoms with Gasteiger partial charge in [-0.25, -0.2) is 19.1 Å². The van der Waals surface area contributed by atoms with Crippen LogP contribution in [-0.2, 0) is 6.18 Å². The second kappa shape index (κ2) is 9.13. The summed E-state index contributed by atoms with van der Waals surface area (Å²) in [5.74, 6) is 0.244. The van der Waals surface area contributed by atoms with Gasteiger partial charge in [-0.15, -0.1) is 0 Å². The Morgan fingerprint density at radius 1 is 1.14 bits per heavy atom. The maximum absolute atomic E-state index is 13.6. The average molecular weight is 506 g/mol. The van der Waals surface area contributed by atoms with Crippen molar-refractivity contribution in [2.45, 2.75) is 38.4 Å². The molecule has 1 aliphatic rings. The van der Waals surface area contributed by atoms with Crippen LogP contribution in [0.25, 0.3) is 22.9 Å². The molecule has 0 unspecified atom stereocenters. The van der Waals surface area contributed by atoms with Gasteiger partial charge >= 0.3 is 17.9 Å². The van der Waals surface area contributed by atoms with Crippen LogP contribution in [0.1, 0.15) is 36.1 Å². The van der Waals surface area contributed by atoms with Crippen LogP contribution >= 0.6 is 0 Å². The summed E-state index contributed by atoms with van der Waals surface area (Å²) in [5, 5.41) is 11.9. The molecule has 0 atom stereocenters. The van der Waals surface area contributed by atoms with Crippen molar-refractivity contribution >= 4 is 6.03 Å². The SMILES string of the molecule is Cc1c(-c2nccn2-c2ccc(C#N)cc2)n(C(=O)NC2CCC2)c(=O)n1-c1cccc(C(F)(F)F)c1. The molecule has 2 aromatic carbocycles. The van der Waals surface area contributed by atoms with Gasteiger partial charge in [-0.1, -0.05) is 6.07 Å². The third-order valence-electron chi connectivity index (χ3n) is 6.48. The Morgan fingerprint density at radius 2 is 1.86 bits per heavy atom. The van der Waals surface area contributed by atoms with Crippen LogP contribution in [0.2, 0.25) is 0 Å². The number of hydrogen-bond donors (Lipinski definition) is 1. The zero-order valence-corrected chi connectivity index (χ0v) is 19.7. The summed E-state index contributed by atoms with van der Waals surface area (Å²) in [6, 6.07) is 12.3. The van der Waals surface area contributed by atoms with Crippen molar-refractivity contribution < 1.29 is 18.0 Å². The molecule has 1 aliphatic carbocycles. The van der Waals surface area contributed by atoms with Crippen LogP contribution in [0.15, 0.2) is 65.7 Å². The van der Waals surface area contributed by atoms with E-state index in [0.29, 0.717) is 11.3 Å². The maximum Gasteiger partial charge on any atom is 0.416 e. The normalized spacial score (nSPS) is 13.7. The van der Waals surface area contributed by atoms with Gasteiger partial charge in [0.2, 0.25) is 0 Å². The molecule has 2 aromatic heterocycles. The van der Waals surface area contributed by atoms with Gasteiger partial charge in [0, 0.05) is 24.1 Å². The number of carbonyl (C=O) groups excluding carboxylic acids is 1. The van der Waals surface area contributed by atoms with Crippen LogP contribution in [0, 0.1) is 18.3 Å². The van der Waals surface area contributed by atoms with Crippen molar-refractivity contribution in [1.29, 1.82) is 5.26 Å². The van der Waals surface area contributed by atoms with E-state index in [1.54, 1.807) is 42.0 Å². The fraction of sp³-hybridized carbons (Fsp3) is 0.231. The number of amides is 1. The van der Waals surface area contributed by atoms with Crippen molar-refractivity contribution in [2.24, 2.45) is 0 Å². The minimum atomic E-state index is -4.60. The fourth-order valence-corrected chi connectivity index (χ4v) is 4.36. The predicted molar refractivity (Wildman–Crippen MR) is 129 cm³/mol. The molecular weight excluding hydrogens is 485 g/mol. The van der Waals surface area contributed by atoms with Crippen LogP contribution < -0.4 is 11.0 Å². The van der Waals surface area contributed by atoms with E-state index in [-0.39, 0.29) is 28.9 Å². The van der Waals surface area contributed by atoms with Gasteiger partial charge in [-0.05, 0) is 68.7 Å². The summed E-state index contributed by atoms with van der Waals surface area (Å²) in [6.07, 6.45) is 1.04. The molecule has 188 valence electrons. The van der Waals surface area contributed by atoms with Crippen molar-refractivity contribution in [2.75, 3.05) is 0 Å². The summed E-state index contributed by atoms with van der Waals surface area (Å²) < 4.78 is 43.9. The lowest BCUT2D eigenvalue weighted by atomic mass is 9.93. The largest absolute Gasteiger partial charge is 0.416 e. The minimum Gasteiger partial charge on any atom is -0.335 e. The second-order valence-electron chi connectivity index (χ2n) is 8.79. The fourth-order valence-electron chi connectivity index (χ4n) is 4.36. The molecule has 1 N–H and O–H groups in total. The van der Waals surface area contributed by atoms with Gasteiger partial charge in [-0.2, -0.15) is 18.4 Å². The monoisotopic (exact) mass is 506 g/mol. The Kier molecular flexibility index (Phi) is 5.95. The third-order valence-corrected chi connectivity index (χ3v) is 6.48. The summed E-state index contributed by atoms with van der Waals surface area (Å²) in [7, 11) is 0. The van der Waals surface area contributed by atoms with Crippen LogP contribution in [0.3, 0.4) is 0 Å². The lowest BCUT2D eigenvalue weighted by Gasteiger charge is -2.26. The van der Waals surface area contributed by atoms with Crippen molar-refractivity contribution in [3.63, 3.8) is 0 Å². The second-order valence-corrected chi connectivity index (χ2v) is 8.79. The number of carbonyl (C=O) groups is 1. The molecule has 0 aliphatic heterocycles. The standard InChI is InChI=1S/C26H21F3N6O2/c1-16-22(23-31-12-13-33(23)20-10-8-17(15-30)9-11-20)35(24(36)32-19-5-3-6-19)25(37)34(16)21-7-2-4-18(14-21)26(27,28)29/h2,4,7-14,19H,3,5-6H2,1H3,(H,32,36). The first-order valence-corrected chi connectivity index (χ1v) is 11.6. The Morgan fingerprint density at radius 3 is 2.49 bits per heavy atom. The number of aromatic nitrogens is 4. The number of nitrogens with zero attached hydrogens (tertiary/aromatic N) is 5. The molecule has 0 saturated heterocycles. The van der Waals surface area contributed by atoms with E-state index in [4.69, 9.17) is 5.26 Å². The van der Waals surface area contributed by atoms with E-state index in [2.05, 4.69) is 10.3 Å². The smallest absolute Gasteiger partial charge is 0.335 e. The third kappa shape index (κ3) is 4.31. The van der Waals surface area contributed by atoms with Gasteiger partial charge in [-0.3, -0.25) is 9.13 Å². The number of hydrogen-bond acceptors (Lipinski definition) is 4. The number of imidazole rings is 2. The maximum atomic E-state index is 13.6. The highest BCUT2D eigenvalue weighted by atomic mass is 19.4. The first kappa shape index (κ1) is 24.1. The molecule has 1 fully saturated rings. The molecule has 1 saturated carbocycles. The Bertz CT molecular complexity index is 1580. The molecule has 0 bridgehead atoms. The summed E-state index contributed by atoms with van der Waals surface area (Å²) in [4.78, 5) is 31.4. The van der Waals surface area contributed by atoms with E-state index in [1.165, 1.54) is 18.3 Å². The average Bonchev–Trinajstić information content (AvgIpc) is 3.42. The van der Waals surface area contributed by atoms with Gasteiger partial charge in [0.15, 0.2) is 5.82 Å². The van der Waals surface area contributed by atoms with Crippen molar-refractivity contribution in [3.05, 3.63) is 88.2 Å². The van der Waals surface area contributed by atoms with E-state index in [1.807, 2.05) is 6.07 Å². The zero-order chi connectivity index (χ0) is 26.3. The molecule has 2 heterocycles. The van der Waals surface area contributed by atoms with E-state index < -0.39 is 23.5 Å². The van der Waals surface area contributed by atoms with Gasteiger partial charge in [0.25, 0.3) is 0 Å². The Hall–Kier alpha value is -4.59. The quantitative estimate of drug-likeness (QED) is 0.430. The zero-order valence-electron chi connectivity index (χ0n) is 19.7. The number of alkyl halides is 3. The molecule has 8 nitrogen and oxygen atoms in total. The van der Waals surface area contributed by atoms with E-state index in [9.17, 15) is 22.8 Å². The predicted octanol–water partition coefficient (Wildman–Crippen LogP) is 4.80. The number of rotatable bonds is 4. The lowest BCUT2D eigenvalue weighted by molar-refractivity contribution is -0.137. The molecule has 37 heavy (non-hydrogen) atoms. The van der Waals surface area contributed by atoms with Gasteiger partial charge < -0.3 is 5.32 Å². The summed E-state index contributed by atoms with van der Waals surface area (Å²) >= 11 is 0. The number of benzene rings is 2. The first-order chi connectivity index (χ1) is 17.7. The molecule has 1 amide bonds. The molecule has 11 heteroatoms. The van der Waals surface area contributed by atoms with Crippen LogP contribution in [-0.4, -0.2) is 30.8 Å². The number of nitriles is 1. The van der Waals surface area contributed by atoms with Crippen LogP contribution in [0.5, 0.6) is 0 Å².